The Bertz CT molecular complexity index is 743. The summed E-state index contributed by atoms with van der Waals surface area (Å²) < 4.78 is 27.0. The topological polar surface area (TPSA) is 278 Å². The first-order valence-corrected chi connectivity index (χ1v) is 11.6. The molecule has 17 heteroatoms. The second-order valence-corrected chi connectivity index (χ2v) is 9.07. The van der Waals surface area contributed by atoms with Crippen molar-refractivity contribution in [1.82, 2.24) is 5.32 Å². The van der Waals surface area contributed by atoms with Gasteiger partial charge in [0.15, 0.2) is 18.9 Å². The lowest BCUT2D eigenvalue weighted by atomic mass is 9.95. The van der Waals surface area contributed by atoms with Crippen molar-refractivity contribution in [2.24, 2.45) is 0 Å². The van der Waals surface area contributed by atoms with E-state index in [9.17, 15) is 55.9 Å². The molecule has 0 aromatic carbocycles. The third-order valence-electron chi connectivity index (χ3n) is 6.49. The second kappa shape index (κ2) is 12.8. The summed E-state index contributed by atoms with van der Waals surface area (Å²) in [4.78, 5) is 11.6. The predicted molar refractivity (Wildman–Crippen MR) is 113 cm³/mol. The van der Waals surface area contributed by atoms with Gasteiger partial charge in [0.25, 0.3) is 0 Å². The van der Waals surface area contributed by atoms with E-state index in [2.05, 4.69) is 5.32 Å². The van der Waals surface area contributed by atoms with E-state index in [1.54, 1.807) is 0 Å². The van der Waals surface area contributed by atoms with Crippen LogP contribution in [0, 0.1) is 0 Å². The Morgan fingerprint density at radius 2 is 1.14 bits per heavy atom. The quantitative estimate of drug-likeness (QED) is 0.135. The lowest BCUT2D eigenvalue weighted by Crippen LogP contribution is -2.68. The minimum atomic E-state index is -1.92. The molecule has 3 heterocycles. The first kappa shape index (κ1) is 30.4. The zero-order valence-electron chi connectivity index (χ0n) is 19.7. The summed E-state index contributed by atoms with van der Waals surface area (Å²) in [6.45, 7) is -1.21. The van der Waals surface area contributed by atoms with Crippen molar-refractivity contribution in [2.45, 2.75) is 99.0 Å². The number of hydrogen-bond acceptors (Lipinski definition) is 16. The van der Waals surface area contributed by atoms with Crippen LogP contribution in [-0.2, 0) is 28.5 Å². The third kappa shape index (κ3) is 6.38. The highest BCUT2D eigenvalue weighted by molar-refractivity contribution is 5.73. The van der Waals surface area contributed by atoms with Crippen molar-refractivity contribution in [1.29, 1.82) is 0 Å². The molecule has 0 saturated carbocycles. The summed E-state index contributed by atoms with van der Waals surface area (Å²) in [5, 5.41) is 103. The number of rotatable bonds is 8. The lowest BCUT2D eigenvalue weighted by Gasteiger charge is -2.48. The van der Waals surface area contributed by atoms with Crippen LogP contribution in [0.15, 0.2) is 0 Å². The minimum absolute atomic E-state index is 0.637. The smallest absolute Gasteiger partial charge is 0.217 e. The fourth-order valence-corrected chi connectivity index (χ4v) is 4.46. The van der Waals surface area contributed by atoms with Crippen molar-refractivity contribution in [3.05, 3.63) is 0 Å². The van der Waals surface area contributed by atoms with E-state index < -0.39 is 118 Å². The fourth-order valence-electron chi connectivity index (χ4n) is 4.46. The van der Waals surface area contributed by atoms with Gasteiger partial charge in [-0.05, 0) is 0 Å². The Morgan fingerprint density at radius 3 is 1.68 bits per heavy atom. The van der Waals surface area contributed by atoms with Gasteiger partial charge in [0.2, 0.25) is 5.91 Å². The summed E-state index contributed by atoms with van der Waals surface area (Å²) >= 11 is 0. The van der Waals surface area contributed by atoms with Gasteiger partial charge in [-0.15, -0.1) is 0 Å². The SMILES string of the molecule is CC(=O)NC1[C@H](O[C@H]2C(CO)O[C@@H](O[C@@H]3C(CO)O[C@@H](O)C(O)[C@H]3O)C(O)[C@H]2O)OC(CO)[C@H](O)[C@@H]1O. The molecule has 3 rings (SSSR count). The number of aliphatic hydroxyl groups is 10. The summed E-state index contributed by atoms with van der Waals surface area (Å²) in [5.74, 6) is -0.637. The van der Waals surface area contributed by atoms with E-state index in [0.29, 0.717) is 0 Å². The van der Waals surface area contributed by atoms with Crippen molar-refractivity contribution >= 4 is 5.91 Å². The van der Waals surface area contributed by atoms with Crippen LogP contribution in [0.1, 0.15) is 6.92 Å². The monoisotopic (exact) mass is 545 g/mol. The molecule has 1 amide bonds. The zero-order chi connectivity index (χ0) is 27.6. The standard InChI is InChI=1S/C20H35NO16/c1-5(25)21-9-11(27)10(26)6(2-22)34-19(9)36-17-8(4-24)35-20(15(31)13(17)29)37-16-7(3-23)33-18(32)14(30)12(16)28/h6-20,22-24,26-32H,2-4H2,1H3,(H,21,25)/t6?,7?,8?,9?,10-,11+,12+,13+,14?,15?,16+,17-,18+,19-,20-/m0/s1. The second-order valence-electron chi connectivity index (χ2n) is 9.07. The van der Waals surface area contributed by atoms with Gasteiger partial charge in [-0.3, -0.25) is 4.79 Å². The Balaban J connectivity index is 1.77. The third-order valence-corrected chi connectivity index (χ3v) is 6.49. The normalized spacial score (nSPS) is 49.0. The molecular weight excluding hydrogens is 510 g/mol. The Labute approximate surface area is 210 Å². The fraction of sp³-hybridized carbons (Fsp3) is 0.950. The van der Waals surface area contributed by atoms with E-state index in [1.807, 2.05) is 0 Å². The molecule has 0 spiro atoms. The molecule has 3 saturated heterocycles. The predicted octanol–water partition coefficient (Wildman–Crippen LogP) is -7.43. The van der Waals surface area contributed by atoms with E-state index in [4.69, 9.17) is 23.7 Å². The highest BCUT2D eigenvalue weighted by Gasteiger charge is 2.53. The molecule has 3 fully saturated rings. The minimum Gasteiger partial charge on any atom is -0.394 e. The number of carbonyl (C=O) groups is 1. The number of ether oxygens (including phenoxy) is 5. The molecule has 216 valence electrons. The highest BCUT2D eigenvalue weighted by Crippen LogP contribution is 2.32. The van der Waals surface area contributed by atoms with Gasteiger partial charge >= 0.3 is 0 Å². The summed E-state index contributed by atoms with van der Waals surface area (Å²) in [6, 6.07) is -1.39. The molecule has 0 aliphatic carbocycles. The van der Waals surface area contributed by atoms with Crippen molar-refractivity contribution < 1.29 is 79.5 Å². The first-order chi connectivity index (χ1) is 17.4. The largest absolute Gasteiger partial charge is 0.394 e. The van der Waals surface area contributed by atoms with E-state index >= 15 is 0 Å². The van der Waals surface area contributed by atoms with Gasteiger partial charge < -0.3 is 80.1 Å². The molecular formula is C20H35NO16. The average Bonchev–Trinajstić information content (AvgIpc) is 2.87. The number of nitrogens with one attached hydrogen (secondary N) is 1. The number of hydrogen-bond donors (Lipinski definition) is 11. The van der Waals surface area contributed by atoms with E-state index in [1.165, 1.54) is 0 Å². The molecule has 0 bridgehead atoms. The zero-order valence-corrected chi connectivity index (χ0v) is 19.7. The maximum Gasteiger partial charge on any atom is 0.217 e. The van der Waals surface area contributed by atoms with Gasteiger partial charge in [0.1, 0.15) is 73.2 Å². The van der Waals surface area contributed by atoms with Crippen LogP contribution < -0.4 is 5.32 Å². The maximum absolute atomic E-state index is 11.6. The molecule has 3 aliphatic heterocycles. The Kier molecular flexibility index (Phi) is 10.5. The van der Waals surface area contributed by atoms with Crippen molar-refractivity contribution in [3.63, 3.8) is 0 Å². The Morgan fingerprint density at radius 1 is 0.649 bits per heavy atom. The summed E-state index contributed by atoms with van der Waals surface area (Å²) in [5.41, 5.74) is 0. The highest BCUT2D eigenvalue weighted by atomic mass is 16.7. The molecule has 37 heavy (non-hydrogen) atoms. The number of amides is 1. The lowest BCUT2D eigenvalue weighted by molar-refractivity contribution is -0.372. The number of carbonyl (C=O) groups excluding carboxylic acids is 1. The van der Waals surface area contributed by atoms with Crippen LogP contribution in [0.4, 0.5) is 0 Å². The molecule has 0 radical (unpaired) electrons. The van der Waals surface area contributed by atoms with Crippen LogP contribution in [0.2, 0.25) is 0 Å². The van der Waals surface area contributed by atoms with E-state index in [-0.39, 0.29) is 0 Å². The molecule has 3 aliphatic rings. The summed E-state index contributed by atoms with van der Waals surface area (Å²) in [7, 11) is 0. The number of aliphatic hydroxyl groups excluding tert-OH is 10. The van der Waals surface area contributed by atoms with Crippen LogP contribution in [0.5, 0.6) is 0 Å². The van der Waals surface area contributed by atoms with E-state index in [0.717, 1.165) is 6.92 Å². The molecule has 17 nitrogen and oxygen atoms in total. The molecule has 0 aromatic rings. The van der Waals surface area contributed by atoms with Crippen LogP contribution in [0.3, 0.4) is 0 Å². The van der Waals surface area contributed by atoms with Gasteiger partial charge in [0.05, 0.1) is 19.8 Å². The molecule has 6 unspecified atom stereocenters. The van der Waals surface area contributed by atoms with Gasteiger partial charge in [-0.2, -0.15) is 0 Å². The molecule has 11 N–H and O–H groups in total. The Hall–Kier alpha value is -1.13. The van der Waals surface area contributed by atoms with Gasteiger partial charge in [0, 0.05) is 6.92 Å². The van der Waals surface area contributed by atoms with Crippen molar-refractivity contribution in [2.75, 3.05) is 19.8 Å². The first-order valence-electron chi connectivity index (χ1n) is 11.6. The van der Waals surface area contributed by atoms with Crippen LogP contribution >= 0.6 is 0 Å². The van der Waals surface area contributed by atoms with Gasteiger partial charge in [-0.1, -0.05) is 0 Å². The molecule has 0 aromatic heterocycles. The van der Waals surface area contributed by atoms with Crippen molar-refractivity contribution in [3.8, 4) is 0 Å². The summed E-state index contributed by atoms with van der Waals surface area (Å²) in [6.07, 6.45) is -23.1. The average molecular weight is 545 g/mol. The molecule has 15 atom stereocenters. The van der Waals surface area contributed by atoms with Crippen LogP contribution in [0.25, 0.3) is 0 Å². The van der Waals surface area contributed by atoms with Gasteiger partial charge in [-0.25, -0.2) is 0 Å². The van der Waals surface area contributed by atoms with Crippen LogP contribution in [-0.4, -0.2) is 169 Å². The maximum atomic E-state index is 11.6.